The van der Waals surface area contributed by atoms with Crippen molar-refractivity contribution in [3.05, 3.63) is 72.9 Å². The normalized spacial score (nSPS) is 13.1. The van der Waals surface area contributed by atoms with Gasteiger partial charge < -0.3 is 28.5 Å². The second kappa shape index (κ2) is 63.7. The van der Waals surface area contributed by atoms with E-state index in [0.29, 0.717) is 17.4 Å². The Bertz CT molecular complexity index is 1570. The second-order valence-corrected chi connectivity index (χ2v) is 24.5. The molecular weight excluding hydrogens is 1020 g/mol. The number of allylic oxidation sites excluding steroid dienone is 12. The van der Waals surface area contributed by atoms with E-state index in [-0.39, 0.29) is 38.6 Å². The number of likely N-dealkylation sites (N-methyl/N-ethyl adjacent to an activating group) is 1. The van der Waals surface area contributed by atoms with Gasteiger partial charge in [0.05, 0.1) is 34.4 Å². The minimum Gasteiger partial charge on any atom is -0.477 e. The number of ether oxygens (including phenoxy) is 4. The molecule has 0 aromatic carbocycles. The van der Waals surface area contributed by atoms with Crippen LogP contribution in [0.2, 0.25) is 0 Å². The zero-order valence-electron chi connectivity index (χ0n) is 54.4. The number of carboxylic acid groups (broad SMARTS) is 1. The highest BCUT2D eigenvalue weighted by atomic mass is 16.7. The Morgan fingerprint density at radius 1 is 0.378 bits per heavy atom. The number of carbonyl (C=O) groups is 3. The van der Waals surface area contributed by atoms with Crippen molar-refractivity contribution >= 4 is 17.9 Å². The fraction of sp³-hybridized carbons (Fsp3) is 0.795. The van der Waals surface area contributed by atoms with E-state index < -0.39 is 24.3 Å². The van der Waals surface area contributed by atoms with Gasteiger partial charge in [0.2, 0.25) is 0 Å². The van der Waals surface area contributed by atoms with E-state index in [9.17, 15) is 19.5 Å². The quantitative estimate of drug-likeness (QED) is 0.0211. The highest BCUT2D eigenvalue weighted by Gasteiger charge is 2.25. The van der Waals surface area contributed by atoms with Gasteiger partial charge in [-0.3, -0.25) is 9.59 Å². The van der Waals surface area contributed by atoms with E-state index in [4.69, 9.17) is 18.9 Å². The predicted octanol–water partition coefficient (Wildman–Crippen LogP) is 21.3. The maximum Gasteiger partial charge on any atom is 0.361 e. The fourth-order valence-electron chi connectivity index (χ4n) is 9.99. The summed E-state index contributed by atoms with van der Waals surface area (Å²) in [5, 5.41) is 9.71. The Hall–Kier alpha value is -3.27. The minimum absolute atomic E-state index is 0.134. The lowest BCUT2D eigenvalue weighted by atomic mass is 10.0. The zero-order chi connectivity index (χ0) is 59.8. The Labute approximate surface area is 507 Å². The third kappa shape index (κ3) is 64.3. The van der Waals surface area contributed by atoms with Gasteiger partial charge in [-0.25, -0.2) is 4.79 Å². The van der Waals surface area contributed by atoms with Crippen LogP contribution in [0.15, 0.2) is 72.9 Å². The van der Waals surface area contributed by atoms with Crippen molar-refractivity contribution in [1.29, 1.82) is 0 Å². The molecule has 9 heteroatoms. The summed E-state index contributed by atoms with van der Waals surface area (Å²) in [5.74, 6) is -2.11. The molecule has 0 saturated carbocycles. The molecule has 0 aliphatic heterocycles. The summed E-state index contributed by atoms with van der Waals surface area (Å²) in [6, 6.07) is 0. The third-order valence-electron chi connectivity index (χ3n) is 15.2. The molecule has 82 heavy (non-hydrogen) atoms. The van der Waals surface area contributed by atoms with Crippen LogP contribution in [0.4, 0.5) is 0 Å². The Morgan fingerprint density at radius 3 is 1.01 bits per heavy atom. The average molecular weight is 1150 g/mol. The third-order valence-corrected chi connectivity index (χ3v) is 15.2. The van der Waals surface area contributed by atoms with Gasteiger partial charge in [0, 0.05) is 12.8 Å². The number of quaternary nitrogens is 1. The van der Waals surface area contributed by atoms with Gasteiger partial charge in [0.15, 0.2) is 6.10 Å². The predicted molar refractivity (Wildman–Crippen MR) is 350 cm³/mol. The number of carboxylic acids is 1. The summed E-state index contributed by atoms with van der Waals surface area (Å²) >= 11 is 0. The first-order chi connectivity index (χ1) is 40.1. The molecule has 0 aromatic rings. The van der Waals surface area contributed by atoms with Gasteiger partial charge in [-0.15, -0.1) is 0 Å². The first-order valence-corrected chi connectivity index (χ1v) is 34.6. The molecule has 0 heterocycles. The zero-order valence-corrected chi connectivity index (χ0v) is 54.4. The molecular formula is C73H132NO8+. The molecule has 2 unspecified atom stereocenters. The van der Waals surface area contributed by atoms with E-state index in [0.717, 1.165) is 57.8 Å². The van der Waals surface area contributed by atoms with Crippen LogP contribution >= 0.6 is 0 Å². The summed E-state index contributed by atoms with van der Waals surface area (Å²) in [5.41, 5.74) is 0. The van der Waals surface area contributed by atoms with Gasteiger partial charge in [0.25, 0.3) is 6.29 Å². The van der Waals surface area contributed by atoms with Crippen LogP contribution in [-0.4, -0.2) is 87.4 Å². The highest BCUT2D eigenvalue weighted by Crippen LogP contribution is 2.18. The molecule has 0 radical (unpaired) electrons. The highest BCUT2D eigenvalue weighted by molar-refractivity contribution is 5.71. The summed E-state index contributed by atoms with van der Waals surface area (Å²) in [4.78, 5) is 37.5. The number of rotatable bonds is 64. The van der Waals surface area contributed by atoms with Crippen LogP contribution in [0.3, 0.4) is 0 Å². The number of hydrogen-bond acceptors (Lipinski definition) is 7. The molecule has 0 aromatic heterocycles. The van der Waals surface area contributed by atoms with Crippen LogP contribution in [-0.2, 0) is 33.3 Å². The Kier molecular flexibility index (Phi) is 61.2. The van der Waals surface area contributed by atoms with Gasteiger partial charge >= 0.3 is 17.9 Å². The number of esters is 2. The van der Waals surface area contributed by atoms with E-state index in [1.165, 1.54) is 225 Å². The molecule has 0 bridgehead atoms. The van der Waals surface area contributed by atoms with Gasteiger partial charge in [-0.2, -0.15) is 0 Å². The lowest BCUT2D eigenvalue weighted by Crippen LogP contribution is -2.40. The van der Waals surface area contributed by atoms with E-state index >= 15 is 0 Å². The summed E-state index contributed by atoms with van der Waals surface area (Å²) < 4.78 is 22.8. The summed E-state index contributed by atoms with van der Waals surface area (Å²) in [6.45, 7) is 4.71. The van der Waals surface area contributed by atoms with Crippen molar-refractivity contribution in [2.45, 2.75) is 328 Å². The van der Waals surface area contributed by atoms with Crippen LogP contribution in [0.5, 0.6) is 0 Å². The summed E-state index contributed by atoms with van der Waals surface area (Å²) in [7, 11) is 5.95. The van der Waals surface area contributed by atoms with Gasteiger partial charge in [0.1, 0.15) is 13.2 Å². The monoisotopic (exact) mass is 1150 g/mol. The number of hydrogen-bond donors (Lipinski definition) is 1. The number of carbonyl (C=O) groups excluding carboxylic acids is 2. The molecule has 476 valence electrons. The number of unbranched alkanes of at least 4 members (excludes halogenated alkanes) is 37. The molecule has 0 aliphatic rings. The maximum atomic E-state index is 12.8. The first-order valence-electron chi connectivity index (χ1n) is 34.6. The molecule has 0 saturated heterocycles. The SMILES string of the molecule is CC/C=C\C/C=C\C/C=C\C/C=C\C/C=C\C/C=C\CCC(=O)OC(COC(=O)CCCCCCCCCCCCCCCCCCCCCCCCCCCCCCCCCCCCCCCC)COC(OCC[N+](C)(C)C)C(=O)O. The molecule has 0 fully saturated rings. The Balaban J connectivity index is 4.02. The fourth-order valence-corrected chi connectivity index (χ4v) is 9.99. The number of nitrogens with zero attached hydrogens (tertiary/aromatic N) is 1. The summed E-state index contributed by atoms with van der Waals surface area (Å²) in [6.07, 6.45) is 82.1. The van der Waals surface area contributed by atoms with Gasteiger partial charge in [-0.05, 0) is 51.4 Å². The second-order valence-electron chi connectivity index (χ2n) is 24.5. The van der Waals surface area contributed by atoms with Crippen molar-refractivity contribution in [2.24, 2.45) is 0 Å². The van der Waals surface area contributed by atoms with Crippen LogP contribution in [0.25, 0.3) is 0 Å². The van der Waals surface area contributed by atoms with Crippen LogP contribution in [0.1, 0.15) is 316 Å². The topological polar surface area (TPSA) is 108 Å². The molecule has 0 rings (SSSR count). The molecule has 2 atom stereocenters. The molecule has 1 N–H and O–H groups in total. The molecule has 9 nitrogen and oxygen atoms in total. The van der Waals surface area contributed by atoms with Crippen LogP contribution < -0.4 is 0 Å². The van der Waals surface area contributed by atoms with E-state index in [2.05, 4.69) is 74.6 Å². The molecule has 0 aliphatic carbocycles. The molecule has 0 spiro atoms. The van der Waals surface area contributed by atoms with E-state index in [1.54, 1.807) is 0 Å². The maximum absolute atomic E-state index is 12.8. The van der Waals surface area contributed by atoms with Crippen molar-refractivity contribution in [2.75, 3.05) is 47.5 Å². The van der Waals surface area contributed by atoms with Crippen molar-refractivity contribution in [1.82, 2.24) is 0 Å². The van der Waals surface area contributed by atoms with Gasteiger partial charge in [-0.1, -0.05) is 324 Å². The lowest BCUT2D eigenvalue weighted by molar-refractivity contribution is -0.870. The largest absolute Gasteiger partial charge is 0.477 e. The first kappa shape index (κ1) is 78.7. The minimum atomic E-state index is -1.53. The van der Waals surface area contributed by atoms with Crippen molar-refractivity contribution in [3.8, 4) is 0 Å². The lowest BCUT2D eigenvalue weighted by Gasteiger charge is -2.25. The average Bonchev–Trinajstić information content (AvgIpc) is 3.45. The van der Waals surface area contributed by atoms with Crippen LogP contribution in [0, 0.1) is 0 Å². The molecule has 0 amide bonds. The van der Waals surface area contributed by atoms with Crippen molar-refractivity contribution in [3.63, 3.8) is 0 Å². The Morgan fingerprint density at radius 2 is 0.695 bits per heavy atom. The number of aliphatic carboxylic acids is 1. The van der Waals surface area contributed by atoms with Crippen molar-refractivity contribution < 1.29 is 42.9 Å². The van der Waals surface area contributed by atoms with E-state index in [1.807, 2.05) is 33.3 Å². The smallest absolute Gasteiger partial charge is 0.361 e. The standard InChI is InChI=1S/C73H131NO8/c1-6-8-10-12-14-16-18-20-22-24-26-27-28-29-30-31-32-33-34-35-36-37-38-39-40-41-42-43-44-46-47-49-51-53-55-57-59-61-63-70(75)80-67-69(68-81-73(72(77)78)79-66-65-74(3,4)5)82-71(76)64-62-60-58-56-54-52-50-48-45-25-23-21-19-17-15-13-11-9-7-2/h9,11,15,17,21,23,45,48,52,54,58,60,69,73H,6-8,10,12-14,16,18-20,22,24-44,46-47,49-51,53,55-57,59,61-68H2,1-5H3/p+1/b11-9-,17-15-,23-21-,48-45-,54-52-,60-58-.